The van der Waals surface area contributed by atoms with Crippen LogP contribution in [0.1, 0.15) is 5.56 Å². The summed E-state index contributed by atoms with van der Waals surface area (Å²) in [6.45, 7) is 1.84. The van der Waals surface area contributed by atoms with Gasteiger partial charge in [0.15, 0.2) is 0 Å². The van der Waals surface area contributed by atoms with Gasteiger partial charge in [-0.15, -0.1) is 11.3 Å². The van der Waals surface area contributed by atoms with Crippen molar-refractivity contribution < 1.29 is 8.42 Å². The molecule has 1 heterocycles. The van der Waals surface area contributed by atoms with Crippen molar-refractivity contribution in [2.24, 2.45) is 0 Å². The topological polar surface area (TPSA) is 72.2 Å². The minimum Gasteiger partial charge on any atom is -0.399 e. The van der Waals surface area contributed by atoms with Gasteiger partial charge in [-0.2, -0.15) is 0 Å². The van der Waals surface area contributed by atoms with Gasteiger partial charge in [-0.3, -0.25) is 4.72 Å². The van der Waals surface area contributed by atoms with E-state index in [4.69, 9.17) is 5.73 Å². The number of nitrogen functional groups attached to an aromatic ring is 1. The van der Waals surface area contributed by atoms with E-state index in [-0.39, 0.29) is 4.21 Å². The maximum atomic E-state index is 12.2. The first-order valence-electron chi connectivity index (χ1n) is 5.13. The second-order valence-corrected chi connectivity index (χ2v) is 9.00. The van der Waals surface area contributed by atoms with Crippen LogP contribution >= 0.6 is 43.2 Å². The molecule has 102 valence electrons. The smallest absolute Gasteiger partial charge is 0.271 e. The Morgan fingerprint density at radius 1 is 1.26 bits per heavy atom. The molecule has 0 unspecified atom stereocenters. The van der Waals surface area contributed by atoms with Gasteiger partial charge in [0.05, 0.1) is 9.47 Å². The number of benzene rings is 1. The van der Waals surface area contributed by atoms with Gasteiger partial charge in [0.2, 0.25) is 0 Å². The molecule has 1 aromatic carbocycles. The van der Waals surface area contributed by atoms with Crippen LogP contribution in [0.25, 0.3) is 0 Å². The average Bonchev–Trinajstić information content (AvgIpc) is 2.65. The molecule has 0 fully saturated rings. The third kappa shape index (κ3) is 3.31. The standard InChI is InChI=1S/C11H10Br2N2O2S2/c1-6-4-10(18-11(6)13)19(16,17)15-9-5-7(14)2-3-8(9)12/h2-5,15H,14H2,1H3. The third-order valence-corrected chi connectivity index (χ3v) is 7.00. The van der Waals surface area contributed by atoms with Gasteiger partial charge in [-0.05, 0) is 68.6 Å². The van der Waals surface area contributed by atoms with Crippen LogP contribution in [-0.4, -0.2) is 8.42 Å². The van der Waals surface area contributed by atoms with Crippen molar-refractivity contribution in [1.82, 2.24) is 0 Å². The fraction of sp³-hybridized carbons (Fsp3) is 0.0909. The summed E-state index contributed by atoms with van der Waals surface area (Å²) in [7, 11) is -3.60. The Morgan fingerprint density at radius 2 is 1.95 bits per heavy atom. The maximum absolute atomic E-state index is 12.2. The molecule has 0 aliphatic rings. The first kappa shape index (κ1) is 14.8. The molecule has 0 aliphatic heterocycles. The van der Waals surface area contributed by atoms with Gasteiger partial charge in [-0.25, -0.2) is 8.42 Å². The summed E-state index contributed by atoms with van der Waals surface area (Å²) in [6.07, 6.45) is 0. The van der Waals surface area contributed by atoms with Gasteiger partial charge in [0, 0.05) is 10.2 Å². The van der Waals surface area contributed by atoms with Gasteiger partial charge in [0.25, 0.3) is 10.0 Å². The largest absolute Gasteiger partial charge is 0.399 e. The first-order chi connectivity index (χ1) is 8.79. The predicted octanol–water partition coefficient (Wildman–Crippen LogP) is 3.96. The lowest BCUT2D eigenvalue weighted by molar-refractivity contribution is 0.603. The zero-order chi connectivity index (χ0) is 14.2. The lowest BCUT2D eigenvalue weighted by Crippen LogP contribution is -2.12. The highest BCUT2D eigenvalue weighted by Gasteiger charge is 2.19. The molecule has 8 heteroatoms. The lowest BCUT2D eigenvalue weighted by Gasteiger charge is -2.08. The highest BCUT2D eigenvalue weighted by atomic mass is 79.9. The highest BCUT2D eigenvalue weighted by Crippen LogP contribution is 2.33. The summed E-state index contributed by atoms with van der Waals surface area (Å²) in [5.41, 5.74) is 7.45. The maximum Gasteiger partial charge on any atom is 0.271 e. The number of nitrogens with two attached hydrogens (primary N) is 1. The van der Waals surface area contributed by atoms with Gasteiger partial charge < -0.3 is 5.73 Å². The van der Waals surface area contributed by atoms with Crippen LogP contribution in [0.3, 0.4) is 0 Å². The molecular weight excluding hydrogens is 416 g/mol. The van der Waals surface area contributed by atoms with Crippen LogP contribution in [-0.2, 0) is 10.0 Å². The summed E-state index contributed by atoms with van der Waals surface area (Å²) in [6, 6.07) is 6.57. The van der Waals surface area contributed by atoms with E-state index >= 15 is 0 Å². The number of hydrogen-bond acceptors (Lipinski definition) is 4. The van der Waals surface area contributed by atoms with Crippen molar-refractivity contribution in [3.05, 3.63) is 38.1 Å². The van der Waals surface area contributed by atoms with Crippen molar-refractivity contribution in [3.8, 4) is 0 Å². The van der Waals surface area contributed by atoms with Crippen molar-refractivity contribution in [2.45, 2.75) is 11.1 Å². The average molecular weight is 426 g/mol. The quantitative estimate of drug-likeness (QED) is 0.730. The van der Waals surface area contributed by atoms with Gasteiger partial charge in [-0.1, -0.05) is 0 Å². The molecule has 3 N–H and O–H groups in total. The van der Waals surface area contributed by atoms with Crippen molar-refractivity contribution in [1.29, 1.82) is 0 Å². The van der Waals surface area contributed by atoms with E-state index in [0.717, 1.165) is 9.35 Å². The number of aryl methyl sites for hydroxylation is 1. The van der Waals surface area contributed by atoms with E-state index in [1.165, 1.54) is 11.3 Å². The SMILES string of the molecule is Cc1cc(S(=O)(=O)Nc2cc(N)ccc2Br)sc1Br. The molecule has 0 aliphatic carbocycles. The van der Waals surface area contributed by atoms with E-state index in [2.05, 4.69) is 36.6 Å². The Bertz CT molecular complexity index is 707. The zero-order valence-electron chi connectivity index (χ0n) is 9.78. The molecule has 0 radical (unpaired) electrons. The Balaban J connectivity index is 2.39. The van der Waals surface area contributed by atoms with E-state index in [0.29, 0.717) is 15.8 Å². The fourth-order valence-electron chi connectivity index (χ4n) is 1.38. The Morgan fingerprint density at radius 3 is 2.53 bits per heavy atom. The Kier molecular flexibility index (Phi) is 4.24. The summed E-state index contributed by atoms with van der Waals surface area (Å²) < 4.78 is 28.7. The number of sulfonamides is 1. The number of thiophene rings is 1. The molecule has 0 atom stereocenters. The highest BCUT2D eigenvalue weighted by molar-refractivity contribution is 9.11. The monoisotopic (exact) mass is 424 g/mol. The van der Waals surface area contributed by atoms with E-state index in [1.54, 1.807) is 24.3 Å². The van der Waals surface area contributed by atoms with Crippen molar-refractivity contribution in [3.63, 3.8) is 0 Å². The van der Waals surface area contributed by atoms with Crippen molar-refractivity contribution >= 4 is 64.6 Å². The molecule has 0 bridgehead atoms. The molecular formula is C11H10Br2N2O2S2. The number of rotatable bonds is 3. The number of nitrogens with one attached hydrogen (secondary N) is 1. The minimum atomic E-state index is -3.60. The summed E-state index contributed by atoms with van der Waals surface area (Å²) in [4.78, 5) is 0. The summed E-state index contributed by atoms with van der Waals surface area (Å²) >= 11 is 7.77. The normalized spacial score (nSPS) is 11.5. The van der Waals surface area contributed by atoms with E-state index < -0.39 is 10.0 Å². The van der Waals surface area contributed by atoms with Crippen LogP contribution in [0.15, 0.2) is 36.7 Å². The molecule has 1 aromatic heterocycles. The number of anilines is 2. The van der Waals surface area contributed by atoms with E-state index in [1.807, 2.05) is 6.92 Å². The van der Waals surface area contributed by atoms with Crippen molar-refractivity contribution in [2.75, 3.05) is 10.5 Å². The van der Waals surface area contributed by atoms with Gasteiger partial charge in [0.1, 0.15) is 4.21 Å². The molecule has 0 saturated carbocycles. The number of hydrogen-bond donors (Lipinski definition) is 2. The van der Waals surface area contributed by atoms with Gasteiger partial charge >= 0.3 is 0 Å². The van der Waals surface area contributed by atoms with Crippen LogP contribution in [0, 0.1) is 6.92 Å². The predicted molar refractivity (Wildman–Crippen MR) is 86.1 cm³/mol. The van der Waals surface area contributed by atoms with Crippen LogP contribution in [0.4, 0.5) is 11.4 Å². The molecule has 0 spiro atoms. The molecule has 2 aromatic rings. The molecule has 2 rings (SSSR count). The van der Waals surface area contributed by atoms with E-state index in [9.17, 15) is 8.42 Å². The minimum absolute atomic E-state index is 0.256. The summed E-state index contributed by atoms with van der Waals surface area (Å²) in [5, 5.41) is 0. The Hall–Kier alpha value is -0.570. The number of halogens is 2. The van der Waals surface area contributed by atoms with Crippen LogP contribution in [0.5, 0.6) is 0 Å². The molecule has 0 saturated heterocycles. The third-order valence-electron chi connectivity index (χ3n) is 2.33. The summed E-state index contributed by atoms with van der Waals surface area (Å²) in [5.74, 6) is 0. The molecule has 19 heavy (non-hydrogen) atoms. The fourth-order valence-corrected chi connectivity index (χ4v) is 5.15. The van der Waals surface area contributed by atoms with Crippen LogP contribution < -0.4 is 10.5 Å². The molecule has 0 amide bonds. The second-order valence-electron chi connectivity index (χ2n) is 3.87. The lowest BCUT2D eigenvalue weighted by atomic mass is 10.3. The van der Waals surface area contributed by atoms with Crippen LogP contribution in [0.2, 0.25) is 0 Å². The zero-order valence-corrected chi connectivity index (χ0v) is 14.6. The molecule has 4 nitrogen and oxygen atoms in total. The second kappa shape index (κ2) is 5.43. The Labute approximate surface area is 132 Å². The first-order valence-corrected chi connectivity index (χ1v) is 9.02.